The summed E-state index contributed by atoms with van der Waals surface area (Å²) in [4.78, 5) is 16.6. The third kappa shape index (κ3) is 6.86. The quantitative estimate of drug-likeness (QED) is 0.766. The van der Waals surface area contributed by atoms with Crippen LogP contribution < -0.4 is 10.6 Å². The fourth-order valence-corrected chi connectivity index (χ4v) is 2.80. The van der Waals surface area contributed by atoms with E-state index in [4.69, 9.17) is 0 Å². The zero-order valence-corrected chi connectivity index (χ0v) is 16.2. The molecule has 0 aliphatic carbocycles. The molecule has 0 spiro atoms. The van der Waals surface area contributed by atoms with E-state index in [-0.39, 0.29) is 12.1 Å². The van der Waals surface area contributed by atoms with Crippen molar-refractivity contribution in [2.24, 2.45) is 0 Å². The molecule has 0 bridgehead atoms. The molecule has 0 saturated carbocycles. The predicted molar refractivity (Wildman–Crippen MR) is 107 cm³/mol. The van der Waals surface area contributed by atoms with Gasteiger partial charge < -0.3 is 20.4 Å². The highest BCUT2D eigenvalue weighted by molar-refractivity contribution is 5.74. The van der Waals surface area contributed by atoms with Crippen LogP contribution >= 0.6 is 0 Å². The van der Waals surface area contributed by atoms with Crippen LogP contribution in [0.4, 0.5) is 4.79 Å². The third-order valence-corrected chi connectivity index (χ3v) is 4.03. The van der Waals surface area contributed by atoms with Crippen molar-refractivity contribution in [3.63, 3.8) is 0 Å². The summed E-state index contributed by atoms with van der Waals surface area (Å²) in [5.74, 6) is 0. The number of hydrogen-bond donors (Lipinski definition) is 2. The van der Waals surface area contributed by atoms with Gasteiger partial charge in [-0.2, -0.15) is 0 Å². The first-order valence-electron chi connectivity index (χ1n) is 8.90. The third-order valence-electron chi connectivity index (χ3n) is 4.03. The SMILES string of the molecule is CN(C)Cc1ccc(CNC(=O)NC(CN(C)C)c2ccccc2)cc1. The van der Waals surface area contributed by atoms with Crippen LogP contribution in [0.5, 0.6) is 0 Å². The number of nitrogens with zero attached hydrogens (tertiary/aromatic N) is 2. The number of nitrogens with one attached hydrogen (secondary N) is 2. The molecule has 0 aliphatic rings. The molecule has 0 aromatic heterocycles. The first-order chi connectivity index (χ1) is 12.4. The lowest BCUT2D eigenvalue weighted by molar-refractivity contribution is 0.232. The van der Waals surface area contributed by atoms with Crippen LogP contribution in [-0.4, -0.2) is 50.6 Å². The molecule has 140 valence electrons. The van der Waals surface area contributed by atoms with Crippen molar-refractivity contribution >= 4 is 6.03 Å². The van der Waals surface area contributed by atoms with Gasteiger partial charge >= 0.3 is 6.03 Å². The number of carbonyl (C=O) groups excluding carboxylic acids is 1. The molecule has 2 amide bonds. The summed E-state index contributed by atoms with van der Waals surface area (Å²) in [6.07, 6.45) is 0. The summed E-state index contributed by atoms with van der Waals surface area (Å²) >= 11 is 0. The maximum atomic E-state index is 12.3. The fraction of sp³-hybridized carbons (Fsp3) is 0.381. The minimum absolute atomic E-state index is 0.0475. The highest BCUT2D eigenvalue weighted by Gasteiger charge is 2.15. The van der Waals surface area contributed by atoms with Crippen LogP contribution in [0.15, 0.2) is 54.6 Å². The van der Waals surface area contributed by atoms with Crippen LogP contribution in [0.2, 0.25) is 0 Å². The second-order valence-electron chi connectivity index (χ2n) is 7.11. The molecule has 2 aromatic carbocycles. The van der Waals surface area contributed by atoms with Crippen molar-refractivity contribution in [2.45, 2.75) is 19.1 Å². The van der Waals surface area contributed by atoms with Gasteiger partial charge in [-0.25, -0.2) is 4.79 Å². The van der Waals surface area contributed by atoms with Crippen LogP contribution in [-0.2, 0) is 13.1 Å². The number of amides is 2. The van der Waals surface area contributed by atoms with Crippen molar-refractivity contribution in [2.75, 3.05) is 34.7 Å². The monoisotopic (exact) mass is 354 g/mol. The van der Waals surface area contributed by atoms with Crippen LogP contribution in [0, 0.1) is 0 Å². The second kappa shape index (κ2) is 9.94. The summed E-state index contributed by atoms with van der Waals surface area (Å²) in [6, 6.07) is 18.2. The number of likely N-dealkylation sites (N-methyl/N-ethyl adjacent to an activating group) is 1. The molecule has 0 saturated heterocycles. The van der Waals surface area contributed by atoms with Gasteiger partial charge in [-0.1, -0.05) is 54.6 Å². The van der Waals surface area contributed by atoms with Crippen molar-refractivity contribution in [1.29, 1.82) is 0 Å². The molecule has 2 aromatic rings. The molecule has 2 N–H and O–H groups in total. The Morgan fingerprint density at radius 2 is 1.50 bits per heavy atom. The van der Waals surface area contributed by atoms with Crippen molar-refractivity contribution < 1.29 is 4.79 Å². The number of carbonyl (C=O) groups is 1. The number of rotatable bonds is 8. The van der Waals surface area contributed by atoms with Gasteiger partial charge in [0.05, 0.1) is 6.04 Å². The zero-order valence-electron chi connectivity index (χ0n) is 16.2. The minimum Gasteiger partial charge on any atom is -0.334 e. The van der Waals surface area contributed by atoms with E-state index in [2.05, 4.69) is 58.8 Å². The summed E-state index contributed by atoms with van der Waals surface area (Å²) in [5, 5.41) is 6.03. The first kappa shape index (κ1) is 19.9. The number of hydrogen-bond acceptors (Lipinski definition) is 3. The lowest BCUT2D eigenvalue weighted by Crippen LogP contribution is -2.41. The fourth-order valence-electron chi connectivity index (χ4n) is 2.80. The summed E-state index contributed by atoms with van der Waals surface area (Å²) in [6.45, 7) is 2.17. The van der Waals surface area contributed by atoms with Gasteiger partial charge in [-0.15, -0.1) is 0 Å². The van der Waals surface area contributed by atoms with E-state index >= 15 is 0 Å². The van der Waals surface area contributed by atoms with Gasteiger partial charge in [-0.3, -0.25) is 0 Å². The molecular formula is C21H30N4O. The standard InChI is InChI=1S/C21H30N4O/c1-24(2)15-18-12-10-17(11-13-18)14-22-21(26)23-20(16-25(3)4)19-8-6-5-7-9-19/h5-13,20H,14-16H2,1-4H3,(H2,22,23,26). The Bertz CT molecular complexity index is 668. The lowest BCUT2D eigenvalue weighted by Gasteiger charge is -2.23. The molecule has 1 atom stereocenters. The lowest BCUT2D eigenvalue weighted by atomic mass is 10.1. The Balaban J connectivity index is 1.89. The van der Waals surface area contributed by atoms with Gasteiger partial charge in [0.1, 0.15) is 0 Å². The molecular weight excluding hydrogens is 324 g/mol. The van der Waals surface area contributed by atoms with Gasteiger partial charge in [0.15, 0.2) is 0 Å². The largest absolute Gasteiger partial charge is 0.334 e. The smallest absolute Gasteiger partial charge is 0.315 e. The molecule has 2 rings (SSSR count). The molecule has 5 nitrogen and oxygen atoms in total. The topological polar surface area (TPSA) is 47.6 Å². The van der Waals surface area contributed by atoms with E-state index in [1.807, 2.05) is 44.4 Å². The predicted octanol–water partition coefficient (Wildman–Crippen LogP) is 2.85. The van der Waals surface area contributed by atoms with Crippen LogP contribution in [0.1, 0.15) is 22.7 Å². The average molecular weight is 354 g/mol. The number of urea groups is 1. The van der Waals surface area contributed by atoms with Crippen LogP contribution in [0.3, 0.4) is 0 Å². The van der Waals surface area contributed by atoms with Crippen molar-refractivity contribution in [3.05, 3.63) is 71.3 Å². The Kier molecular flexibility index (Phi) is 7.63. The van der Waals surface area contributed by atoms with E-state index < -0.39 is 0 Å². The van der Waals surface area contributed by atoms with Gasteiger partial charge in [-0.05, 0) is 44.9 Å². The first-order valence-corrected chi connectivity index (χ1v) is 8.90. The van der Waals surface area contributed by atoms with Crippen LogP contribution in [0.25, 0.3) is 0 Å². The highest BCUT2D eigenvalue weighted by Crippen LogP contribution is 2.13. The summed E-state index contributed by atoms with van der Waals surface area (Å²) in [5.41, 5.74) is 3.45. The van der Waals surface area contributed by atoms with Crippen molar-refractivity contribution in [1.82, 2.24) is 20.4 Å². The van der Waals surface area contributed by atoms with E-state index in [0.29, 0.717) is 6.54 Å². The Hall–Kier alpha value is -2.37. The van der Waals surface area contributed by atoms with Gasteiger partial charge in [0.2, 0.25) is 0 Å². The summed E-state index contributed by atoms with van der Waals surface area (Å²) < 4.78 is 0. The second-order valence-corrected chi connectivity index (χ2v) is 7.11. The molecule has 26 heavy (non-hydrogen) atoms. The van der Waals surface area contributed by atoms with E-state index in [9.17, 15) is 4.79 Å². The van der Waals surface area contributed by atoms with Gasteiger partial charge in [0.25, 0.3) is 0 Å². The molecule has 0 fully saturated rings. The maximum Gasteiger partial charge on any atom is 0.315 e. The van der Waals surface area contributed by atoms with E-state index in [1.165, 1.54) is 5.56 Å². The molecule has 0 radical (unpaired) electrons. The molecule has 0 heterocycles. The normalized spacial score (nSPS) is 12.2. The van der Waals surface area contributed by atoms with E-state index in [1.54, 1.807) is 0 Å². The Morgan fingerprint density at radius 1 is 0.885 bits per heavy atom. The zero-order chi connectivity index (χ0) is 18.9. The summed E-state index contributed by atoms with van der Waals surface area (Å²) in [7, 11) is 8.11. The van der Waals surface area contributed by atoms with E-state index in [0.717, 1.165) is 24.2 Å². The minimum atomic E-state index is -0.155. The van der Waals surface area contributed by atoms with Gasteiger partial charge in [0, 0.05) is 19.6 Å². The van der Waals surface area contributed by atoms with Crippen molar-refractivity contribution in [3.8, 4) is 0 Å². The molecule has 1 unspecified atom stereocenters. The Labute approximate surface area is 157 Å². The molecule has 5 heteroatoms. The maximum absolute atomic E-state index is 12.3. The number of benzene rings is 2. The Morgan fingerprint density at radius 3 is 2.08 bits per heavy atom. The average Bonchev–Trinajstić information content (AvgIpc) is 2.60. The molecule has 0 aliphatic heterocycles. The highest BCUT2D eigenvalue weighted by atomic mass is 16.2.